The van der Waals surface area contributed by atoms with Gasteiger partial charge in [-0.3, -0.25) is 5.43 Å². The summed E-state index contributed by atoms with van der Waals surface area (Å²) in [5.41, 5.74) is 4.14. The largest absolute Gasteiger partial charge is 0.478 e. The minimum Gasteiger partial charge on any atom is -0.478 e. The molecule has 7 nitrogen and oxygen atoms in total. The fourth-order valence-corrected chi connectivity index (χ4v) is 4.25. The minimum absolute atomic E-state index is 0.0195. The van der Waals surface area contributed by atoms with Gasteiger partial charge in [-0.05, 0) is 55.0 Å². The third-order valence-corrected chi connectivity index (χ3v) is 5.70. The van der Waals surface area contributed by atoms with E-state index >= 15 is 0 Å². The number of hydrazone groups is 1. The summed E-state index contributed by atoms with van der Waals surface area (Å²) in [5, 5.41) is 13.3. The number of ether oxygens (including phenoxy) is 2. The SMILES string of the molecule is O=C(CNN=C[C@H]1[C@@H](Cc2ccc(C(=O)O)cc2)[C@H]2CC[C@@H]1O2)Oc1ccccc1. The predicted molar refractivity (Wildman–Crippen MR) is 111 cm³/mol. The molecule has 2 aromatic carbocycles. The number of rotatable bonds is 8. The lowest BCUT2D eigenvalue weighted by atomic mass is 9.77. The van der Waals surface area contributed by atoms with E-state index < -0.39 is 11.9 Å². The van der Waals surface area contributed by atoms with Gasteiger partial charge in [-0.15, -0.1) is 0 Å². The fourth-order valence-electron chi connectivity index (χ4n) is 4.25. The normalized spacial score (nSPS) is 24.8. The first-order valence-electron chi connectivity index (χ1n) is 10.1. The standard InChI is InChI=1S/C23H24N2O5/c26-22(29-17-4-2-1-3-5-17)14-25-24-13-19-18(20-10-11-21(19)30-20)12-15-6-8-16(9-7-15)23(27)28/h1-9,13,18-21,25H,10-12,14H2,(H,27,28)/t18-,19+,20-,21+/m1/s1. The first-order valence-corrected chi connectivity index (χ1v) is 10.1. The Morgan fingerprint density at radius 2 is 1.83 bits per heavy atom. The number of benzene rings is 2. The Morgan fingerprint density at radius 1 is 1.10 bits per heavy atom. The molecular formula is C23H24N2O5. The quantitative estimate of drug-likeness (QED) is 0.302. The average molecular weight is 408 g/mol. The number of carbonyl (C=O) groups is 2. The van der Waals surface area contributed by atoms with Crippen molar-refractivity contribution in [3.05, 3.63) is 65.7 Å². The van der Waals surface area contributed by atoms with Gasteiger partial charge in [0.1, 0.15) is 12.3 Å². The van der Waals surface area contributed by atoms with E-state index in [0.29, 0.717) is 5.75 Å². The third-order valence-electron chi connectivity index (χ3n) is 5.70. The molecular weight excluding hydrogens is 384 g/mol. The minimum atomic E-state index is -0.924. The van der Waals surface area contributed by atoms with Crippen LogP contribution in [0.3, 0.4) is 0 Å². The van der Waals surface area contributed by atoms with Crippen molar-refractivity contribution < 1.29 is 24.2 Å². The average Bonchev–Trinajstić information content (AvgIpc) is 3.35. The molecule has 0 aromatic heterocycles. The second-order valence-electron chi connectivity index (χ2n) is 7.64. The lowest BCUT2D eigenvalue weighted by Crippen LogP contribution is -2.31. The second kappa shape index (κ2) is 9.09. The molecule has 2 saturated heterocycles. The van der Waals surface area contributed by atoms with Crippen molar-refractivity contribution >= 4 is 18.2 Å². The van der Waals surface area contributed by atoms with Crippen molar-refractivity contribution in [3.63, 3.8) is 0 Å². The number of fused-ring (bicyclic) bond motifs is 2. The number of para-hydroxylation sites is 1. The highest BCUT2D eigenvalue weighted by molar-refractivity contribution is 5.87. The summed E-state index contributed by atoms with van der Waals surface area (Å²) in [7, 11) is 0. The Morgan fingerprint density at radius 3 is 2.57 bits per heavy atom. The topological polar surface area (TPSA) is 97.2 Å². The highest BCUT2D eigenvalue weighted by Crippen LogP contribution is 2.44. The zero-order chi connectivity index (χ0) is 20.9. The molecule has 2 fully saturated rings. The Labute approximate surface area is 174 Å². The molecule has 156 valence electrons. The van der Waals surface area contributed by atoms with Gasteiger partial charge in [0.2, 0.25) is 0 Å². The number of carbonyl (C=O) groups excluding carboxylic acids is 1. The lowest BCUT2D eigenvalue weighted by molar-refractivity contribution is -0.133. The van der Waals surface area contributed by atoms with Gasteiger partial charge in [0, 0.05) is 12.1 Å². The summed E-state index contributed by atoms with van der Waals surface area (Å²) in [6, 6.07) is 15.9. The molecule has 2 bridgehead atoms. The number of nitrogens with one attached hydrogen (secondary N) is 1. The molecule has 0 spiro atoms. The molecule has 2 aliphatic rings. The molecule has 4 rings (SSSR count). The van der Waals surface area contributed by atoms with Crippen LogP contribution in [0.1, 0.15) is 28.8 Å². The maximum Gasteiger partial charge on any atom is 0.335 e. The van der Waals surface area contributed by atoms with Crippen LogP contribution in [0.25, 0.3) is 0 Å². The van der Waals surface area contributed by atoms with Crippen LogP contribution >= 0.6 is 0 Å². The van der Waals surface area contributed by atoms with Gasteiger partial charge in [-0.2, -0.15) is 5.10 Å². The van der Waals surface area contributed by atoms with Crippen molar-refractivity contribution in [2.45, 2.75) is 31.5 Å². The molecule has 2 heterocycles. The van der Waals surface area contributed by atoms with Gasteiger partial charge in [-0.1, -0.05) is 30.3 Å². The maximum atomic E-state index is 11.9. The highest BCUT2D eigenvalue weighted by Gasteiger charge is 2.47. The summed E-state index contributed by atoms with van der Waals surface area (Å²) in [5.74, 6) is -0.394. The summed E-state index contributed by atoms with van der Waals surface area (Å²) in [6.45, 7) is -0.0195. The van der Waals surface area contributed by atoms with Crippen LogP contribution in [0.4, 0.5) is 0 Å². The van der Waals surface area contributed by atoms with E-state index in [4.69, 9.17) is 14.6 Å². The van der Waals surface area contributed by atoms with Gasteiger partial charge >= 0.3 is 11.9 Å². The van der Waals surface area contributed by atoms with Gasteiger partial charge in [0.25, 0.3) is 0 Å². The number of carboxylic acid groups (broad SMARTS) is 1. The number of esters is 1. The third kappa shape index (κ3) is 4.68. The Balaban J connectivity index is 1.31. The van der Waals surface area contributed by atoms with Crippen molar-refractivity contribution in [1.29, 1.82) is 0 Å². The van der Waals surface area contributed by atoms with Crippen LogP contribution in [-0.4, -0.2) is 42.0 Å². The smallest absolute Gasteiger partial charge is 0.335 e. The summed E-state index contributed by atoms with van der Waals surface area (Å²) in [4.78, 5) is 22.9. The fraction of sp³-hybridized carbons (Fsp3) is 0.348. The first kappa shape index (κ1) is 20.1. The van der Waals surface area contributed by atoms with Crippen LogP contribution < -0.4 is 10.2 Å². The summed E-state index contributed by atoms with van der Waals surface area (Å²) >= 11 is 0. The van der Waals surface area contributed by atoms with Gasteiger partial charge in [0.15, 0.2) is 0 Å². The van der Waals surface area contributed by atoms with Crippen LogP contribution in [-0.2, 0) is 16.0 Å². The molecule has 2 N–H and O–H groups in total. The van der Waals surface area contributed by atoms with Gasteiger partial charge in [0.05, 0.1) is 17.8 Å². The number of aromatic carboxylic acids is 1. The zero-order valence-corrected chi connectivity index (χ0v) is 16.4. The Kier molecular flexibility index (Phi) is 6.09. The van der Waals surface area contributed by atoms with Crippen molar-refractivity contribution in [1.82, 2.24) is 5.43 Å². The second-order valence-corrected chi connectivity index (χ2v) is 7.64. The molecule has 2 aromatic rings. The van der Waals surface area contributed by atoms with E-state index in [1.807, 2.05) is 24.4 Å². The van der Waals surface area contributed by atoms with Crippen LogP contribution in [0, 0.1) is 11.8 Å². The Hall–Kier alpha value is -3.19. The van der Waals surface area contributed by atoms with Crippen LogP contribution in [0.15, 0.2) is 59.7 Å². The summed E-state index contributed by atoms with van der Waals surface area (Å²) < 4.78 is 11.3. The van der Waals surface area contributed by atoms with Gasteiger partial charge < -0.3 is 14.6 Å². The van der Waals surface area contributed by atoms with E-state index in [9.17, 15) is 9.59 Å². The molecule has 0 amide bonds. The van der Waals surface area contributed by atoms with Gasteiger partial charge in [-0.25, -0.2) is 9.59 Å². The van der Waals surface area contributed by atoms with Crippen molar-refractivity contribution in [3.8, 4) is 5.75 Å². The number of carboxylic acids is 1. The van der Waals surface area contributed by atoms with E-state index in [0.717, 1.165) is 24.8 Å². The number of hydrogen-bond acceptors (Lipinski definition) is 6. The Bertz CT molecular complexity index is 913. The molecule has 4 atom stereocenters. The van der Waals surface area contributed by atoms with Crippen molar-refractivity contribution in [2.75, 3.05) is 6.54 Å². The van der Waals surface area contributed by atoms with E-state index in [1.54, 1.807) is 36.4 Å². The molecule has 0 aliphatic carbocycles. The van der Waals surface area contributed by atoms with E-state index in [-0.39, 0.29) is 36.2 Å². The predicted octanol–water partition coefficient (Wildman–Crippen LogP) is 2.90. The molecule has 0 unspecified atom stereocenters. The molecule has 7 heteroatoms. The van der Waals surface area contributed by atoms with E-state index in [2.05, 4.69) is 10.5 Å². The highest BCUT2D eigenvalue weighted by atomic mass is 16.5. The zero-order valence-electron chi connectivity index (χ0n) is 16.4. The van der Waals surface area contributed by atoms with Crippen LogP contribution in [0.2, 0.25) is 0 Å². The number of hydrogen-bond donors (Lipinski definition) is 2. The summed E-state index contributed by atoms with van der Waals surface area (Å²) in [6.07, 6.45) is 5.01. The molecule has 30 heavy (non-hydrogen) atoms. The van der Waals surface area contributed by atoms with E-state index in [1.165, 1.54) is 0 Å². The molecule has 0 saturated carbocycles. The lowest BCUT2D eigenvalue weighted by Gasteiger charge is -2.25. The van der Waals surface area contributed by atoms with Crippen LogP contribution in [0.5, 0.6) is 5.75 Å². The number of nitrogens with zero attached hydrogens (tertiary/aromatic N) is 1. The molecule has 2 aliphatic heterocycles. The maximum absolute atomic E-state index is 11.9. The molecule has 0 radical (unpaired) electrons. The monoisotopic (exact) mass is 408 g/mol. The first-order chi connectivity index (χ1) is 14.6. The van der Waals surface area contributed by atoms with Crippen molar-refractivity contribution in [2.24, 2.45) is 16.9 Å².